The highest BCUT2D eigenvalue weighted by Crippen LogP contribution is 2.12. The Morgan fingerprint density at radius 3 is 2.42 bits per heavy atom. The fraction of sp³-hybridized carbons (Fsp3) is 1.00. The SMILES string of the molecule is CCCCC[CH2][Al]([Br])[O]C(C)C. The third-order valence-electron chi connectivity index (χ3n) is 1.70. The zero-order valence-corrected chi connectivity index (χ0v) is 11.2. The summed E-state index contributed by atoms with van der Waals surface area (Å²) in [5, 5.41) is 1.28. The van der Waals surface area contributed by atoms with Crippen LogP contribution < -0.4 is 0 Å². The van der Waals surface area contributed by atoms with Gasteiger partial charge < -0.3 is 3.79 Å². The largest absolute Gasteiger partial charge is 0.557 e. The van der Waals surface area contributed by atoms with Crippen molar-refractivity contribution in [1.82, 2.24) is 0 Å². The first-order valence-corrected chi connectivity index (χ1v) is 9.43. The molecule has 0 aliphatic heterocycles. The summed E-state index contributed by atoms with van der Waals surface area (Å²) in [6, 6.07) is 0. The van der Waals surface area contributed by atoms with Gasteiger partial charge in [0.2, 0.25) is 0 Å². The zero-order chi connectivity index (χ0) is 9.40. The Bertz CT molecular complexity index is 98.5. The van der Waals surface area contributed by atoms with Crippen LogP contribution >= 0.6 is 14.1 Å². The van der Waals surface area contributed by atoms with Crippen molar-refractivity contribution in [2.45, 2.75) is 57.8 Å². The zero-order valence-electron chi connectivity index (χ0n) is 8.48. The molecule has 0 amide bonds. The maximum absolute atomic E-state index is 5.69. The van der Waals surface area contributed by atoms with Crippen LogP contribution in [-0.2, 0) is 3.79 Å². The molecular weight excluding hydrogens is 231 g/mol. The van der Waals surface area contributed by atoms with Crippen molar-refractivity contribution in [1.29, 1.82) is 0 Å². The van der Waals surface area contributed by atoms with Crippen molar-refractivity contribution in [3.63, 3.8) is 0 Å². The normalized spacial score (nSPS) is 10.8. The van der Waals surface area contributed by atoms with E-state index in [0.717, 1.165) is 0 Å². The molecule has 0 aromatic rings. The Kier molecular flexibility index (Phi) is 9.26. The molecule has 0 bridgehead atoms. The molecule has 0 atom stereocenters. The molecule has 0 fully saturated rings. The molecule has 0 N–H and O–H groups in total. The minimum Gasteiger partial charge on any atom is -0.490 e. The van der Waals surface area contributed by atoms with Gasteiger partial charge in [-0.3, -0.25) is 0 Å². The highest BCUT2D eigenvalue weighted by molar-refractivity contribution is 9.24. The molecule has 0 aromatic carbocycles. The minimum absolute atomic E-state index is 0.396. The molecule has 0 saturated carbocycles. The summed E-state index contributed by atoms with van der Waals surface area (Å²) >= 11 is 2.66. The Morgan fingerprint density at radius 1 is 1.25 bits per heavy atom. The van der Waals surface area contributed by atoms with Gasteiger partial charge in [0.1, 0.15) is 0 Å². The maximum atomic E-state index is 5.69. The van der Waals surface area contributed by atoms with Crippen LogP contribution in [0.2, 0.25) is 5.28 Å². The molecule has 0 unspecified atom stereocenters. The fourth-order valence-electron chi connectivity index (χ4n) is 1.09. The lowest BCUT2D eigenvalue weighted by Crippen LogP contribution is -2.15. The summed E-state index contributed by atoms with van der Waals surface area (Å²) in [6.07, 6.45) is 5.79. The van der Waals surface area contributed by atoms with Gasteiger partial charge in [0, 0.05) is 6.10 Å². The second-order valence-corrected chi connectivity index (χ2v) is 8.18. The van der Waals surface area contributed by atoms with E-state index in [4.69, 9.17) is 3.79 Å². The molecule has 0 aromatic heterocycles. The Labute approximate surface area is 88.3 Å². The van der Waals surface area contributed by atoms with Crippen LogP contribution in [0.3, 0.4) is 0 Å². The Balaban J connectivity index is 3.14. The van der Waals surface area contributed by atoms with Crippen molar-refractivity contribution in [3.8, 4) is 0 Å². The van der Waals surface area contributed by atoms with Crippen LogP contribution in [0.25, 0.3) is 0 Å². The molecule has 0 spiro atoms. The van der Waals surface area contributed by atoms with Crippen LogP contribution in [0.4, 0.5) is 0 Å². The highest BCUT2D eigenvalue weighted by atomic mass is 79.9. The molecule has 0 heterocycles. The number of rotatable bonds is 7. The third kappa shape index (κ3) is 9.06. The van der Waals surface area contributed by atoms with E-state index in [0.29, 0.717) is 6.10 Å². The average molecular weight is 251 g/mol. The second kappa shape index (κ2) is 8.57. The van der Waals surface area contributed by atoms with Gasteiger partial charge in [0.15, 0.2) is 0 Å². The molecule has 0 rings (SSSR count). The van der Waals surface area contributed by atoms with Crippen LogP contribution in [0.15, 0.2) is 0 Å². The predicted octanol–water partition coefficient (Wildman–Crippen LogP) is 3.87. The fourth-order valence-corrected chi connectivity index (χ4v) is 4.70. The highest BCUT2D eigenvalue weighted by Gasteiger charge is 2.16. The molecule has 1 nitrogen and oxygen atoms in total. The summed E-state index contributed by atoms with van der Waals surface area (Å²) < 4.78 is 5.69. The lowest BCUT2D eigenvalue weighted by Gasteiger charge is -2.10. The molecule has 3 heteroatoms. The van der Waals surface area contributed by atoms with Crippen LogP contribution in [0, 0.1) is 0 Å². The van der Waals surface area contributed by atoms with Crippen molar-refractivity contribution >= 4 is 26.7 Å². The standard InChI is InChI=1S/C6H13.C3H7O.Al.BrH/c1-3-5-6-4-2;1-3(2)4;;/h1,3-6H2,2H3;3H,1-2H3;;1H/q;-1;+2;/p-1. The third-order valence-corrected chi connectivity index (χ3v) is 5.43. The van der Waals surface area contributed by atoms with E-state index in [9.17, 15) is 0 Å². The Hall–Kier alpha value is 0.972. The molecule has 0 radical (unpaired) electrons. The molecular formula is C9H20AlBrO. The van der Waals surface area contributed by atoms with Gasteiger partial charge in [-0.2, -0.15) is 14.1 Å². The van der Waals surface area contributed by atoms with Crippen molar-refractivity contribution in [3.05, 3.63) is 0 Å². The van der Waals surface area contributed by atoms with Gasteiger partial charge in [0.25, 0.3) is 0 Å². The van der Waals surface area contributed by atoms with E-state index in [2.05, 4.69) is 34.8 Å². The van der Waals surface area contributed by atoms with Gasteiger partial charge in [-0.05, 0) is 13.8 Å². The minimum atomic E-state index is -0.990. The van der Waals surface area contributed by atoms with E-state index in [1.807, 2.05) is 0 Å². The van der Waals surface area contributed by atoms with E-state index in [1.54, 1.807) is 0 Å². The van der Waals surface area contributed by atoms with Crippen molar-refractivity contribution in [2.24, 2.45) is 0 Å². The van der Waals surface area contributed by atoms with E-state index >= 15 is 0 Å². The summed E-state index contributed by atoms with van der Waals surface area (Å²) in [7, 11) is 0. The summed E-state index contributed by atoms with van der Waals surface area (Å²) in [5.41, 5.74) is 0. The lowest BCUT2D eigenvalue weighted by atomic mass is 10.2. The topological polar surface area (TPSA) is 9.23 Å². The van der Waals surface area contributed by atoms with Gasteiger partial charge in [-0.1, -0.05) is 37.9 Å². The first kappa shape index (κ1) is 13.0. The predicted molar refractivity (Wildman–Crippen MR) is 59.9 cm³/mol. The number of halogens is 1. The molecule has 0 saturated heterocycles. The first-order valence-electron chi connectivity index (χ1n) is 4.96. The van der Waals surface area contributed by atoms with E-state index in [1.165, 1.54) is 31.0 Å². The van der Waals surface area contributed by atoms with Crippen LogP contribution in [0.1, 0.15) is 46.5 Å². The quantitative estimate of drug-likeness (QED) is 0.493. The lowest BCUT2D eigenvalue weighted by molar-refractivity contribution is 0.252. The van der Waals surface area contributed by atoms with E-state index < -0.39 is 12.7 Å². The summed E-state index contributed by atoms with van der Waals surface area (Å²) in [5.74, 6) is 0. The van der Waals surface area contributed by atoms with Crippen LogP contribution in [-0.4, -0.2) is 18.8 Å². The van der Waals surface area contributed by atoms with Gasteiger partial charge in [0.05, 0.1) is 0 Å². The van der Waals surface area contributed by atoms with Crippen molar-refractivity contribution in [2.75, 3.05) is 0 Å². The maximum Gasteiger partial charge on any atom is 0.557 e. The van der Waals surface area contributed by atoms with Gasteiger partial charge in [-0.15, -0.1) is 0 Å². The summed E-state index contributed by atoms with van der Waals surface area (Å²) in [4.78, 5) is 0. The smallest absolute Gasteiger partial charge is 0.490 e. The number of hydrogen-bond donors (Lipinski definition) is 0. The number of unbranched alkanes of at least 4 members (excludes halogenated alkanes) is 3. The Morgan fingerprint density at radius 2 is 1.92 bits per heavy atom. The van der Waals surface area contributed by atoms with Crippen LogP contribution in [0.5, 0.6) is 0 Å². The monoisotopic (exact) mass is 250 g/mol. The van der Waals surface area contributed by atoms with E-state index in [-0.39, 0.29) is 0 Å². The molecule has 72 valence electrons. The van der Waals surface area contributed by atoms with Gasteiger partial charge >= 0.3 is 12.7 Å². The molecule has 0 aliphatic carbocycles. The molecule has 0 aliphatic rings. The average Bonchev–Trinajstić information content (AvgIpc) is 1.97. The number of hydrogen-bond acceptors (Lipinski definition) is 1. The second-order valence-electron chi connectivity index (χ2n) is 3.44. The van der Waals surface area contributed by atoms with Crippen molar-refractivity contribution < 1.29 is 3.79 Å². The summed E-state index contributed by atoms with van der Waals surface area (Å²) in [6.45, 7) is 6.45. The molecule has 12 heavy (non-hydrogen) atoms. The van der Waals surface area contributed by atoms with Gasteiger partial charge in [-0.25, -0.2) is 0 Å². The first-order chi connectivity index (χ1) is 5.66.